The number of rotatable bonds is 7. The van der Waals surface area contributed by atoms with Crippen LogP contribution in [-0.4, -0.2) is 28.0 Å². The zero-order valence-electron chi connectivity index (χ0n) is 10.0. The predicted octanol–water partition coefficient (Wildman–Crippen LogP) is 1.62. The first-order valence-corrected chi connectivity index (χ1v) is 5.69. The van der Waals surface area contributed by atoms with Gasteiger partial charge in [-0.05, 0) is 31.4 Å². The van der Waals surface area contributed by atoms with Crippen LogP contribution in [0.2, 0.25) is 0 Å². The lowest BCUT2D eigenvalue weighted by Gasteiger charge is -2.13. The topological polar surface area (TPSA) is 79.3 Å². The third-order valence-corrected chi connectivity index (χ3v) is 2.45. The highest BCUT2D eigenvalue weighted by molar-refractivity contribution is 5.96. The molecule has 5 nitrogen and oxygen atoms in total. The van der Waals surface area contributed by atoms with Crippen molar-refractivity contribution in [3.05, 3.63) is 42.7 Å². The Labute approximate surface area is 106 Å². The van der Waals surface area contributed by atoms with Crippen LogP contribution in [0.25, 0.3) is 0 Å². The predicted molar refractivity (Wildman–Crippen MR) is 67.2 cm³/mol. The van der Waals surface area contributed by atoms with Crippen molar-refractivity contribution < 1.29 is 14.7 Å². The minimum absolute atomic E-state index is 0.387. The third-order valence-electron chi connectivity index (χ3n) is 2.45. The number of unbranched alkanes of at least 4 members (excludes halogenated alkanes) is 1. The van der Waals surface area contributed by atoms with Crippen LogP contribution >= 0.6 is 0 Å². The molecule has 18 heavy (non-hydrogen) atoms. The minimum atomic E-state index is -1.03. The molecule has 2 N–H and O–H groups in total. The normalized spacial score (nSPS) is 11.6. The Hall–Kier alpha value is -2.17. The quantitative estimate of drug-likeness (QED) is 0.567. The van der Waals surface area contributed by atoms with Gasteiger partial charge in [0.25, 0.3) is 5.91 Å². The lowest BCUT2D eigenvalue weighted by atomic mass is 10.1. The van der Waals surface area contributed by atoms with Crippen molar-refractivity contribution in [2.45, 2.75) is 25.3 Å². The molecule has 0 aliphatic carbocycles. The summed E-state index contributed by atoms with van der Waals surface area (Å²) >= 11 is 0. The Morgan fingerprint density at radius 2 is 2.11 bits per heavy atom. The molecule has 0 saturated carbocycles. The van der Waals surface area contributed by atoms with Gasteiger partial charge >= 0.3 is 5.97 Å². The number of carbonyl (C=O) groups is 2. The number of hydrogen-bond acceptors (Lipinski definition) is 3. The molecule has 1 aromatic rings. The highest BCUT2D eigenvalue weighted by atomic mass is 16.4. The summed E-state index contributed by atoms with van der Waals surface area (Å²) in [6.45, 7) is 3.57. The van der Waals surface area contributed by atoms with Crippen molar-refractivity contribution in [2.75, 3.05) is 0 Å². The fraction of sp³-hybridized carbons (Fsp3) is 0.308. The number of carbonyl (C=O) groups excluding carboxylic acids is 1. The van der Waals surface area contributed by atoms with E-state index in [1.54, 1.807) is 6.08 Å². The van der Waals surface area contributed by atoms with E-state index in [9.17, 15) is 9.59 Å². The van der Waals surface area contributed by atoms with E-state index in [0.717, 1.165) is 6.42 Å². The number of aromatic nitrogens is 1. The smallest absolute Gasteiger partial charge is 0.326 e. The van der Waals surface area contributed by atoms with Crippen molar-refractivity contribution in [1.82, 2.24) is 10.3 Å². The molecule has 1 heterocycles. The van der Waals surface area contributed by atoms with E-state index in [2.05, 4.69) is 16.9 Å². The fourth-order valence-electron chi connectivity index (χ4n) is 1.47. The summed E-state index contributed by atoms with van der Waals surface area (Å²) in [5.41, 5.74) is 0.403. The number of aliphatic carboxylic acids is 1. The zero-order valence-corrected chi connectivity index (χ0v) is 10.0. The second-order valence-electron chi connectivity index (χ2n) is 3.82. The van der Waals surface area contributed by atoms with Gasteiger partial charge in [-0.1, -0.05) is 6.08 Å². The summed E-state index contributed by atoms with van der Waals surface area (Å²) in [6.07, 6.45) is 6.50. The standard InChI is InChI=1S/C13H16N2O3/c1-2-3-4-5-11(13(17)18)15-12(16)10-6-8-14-9-7-10/h2,6-9,11H,1,3-5H2,(H,15,16)(H,17,18)/t11-/m1/s1. The molecule has 1 rings (SSSR count). The van der Waals surface area contributed by atoms with Gasteiger partial charge in [-0.3, -0.25) is 9.78 Å². The van der Waals surface area contributed by atoms with Gasteiger partial charge in [0, 0.05) is 18.0 Å². The van der Waals surface area contributed by atoms with Gasteiger partial charge in [0.15, 0.2) is 0 Å². The number of carboxylic acid groups (broad SMARTS) is 1. The largest absolute Gasteiger partial charge is 0.480 e. The first-order chi connectivity index (χ1) is 8.65. The van der Waals surface area contributed by atoms with Gasteiger partial charge in [0.2, 0.25) is 0 Å². The molecule has 5 heteroatoms. The second-order valence-corrected chi connectivity index (χ2v) is 3.82. The molecule has 0 unspecified atom stereocenters. The van der Waals surface area contributed by atoms with Crippen molar-refractivity contribution in [3.8, 4) is 0 Å². The number of nitrogens with zero attached hydrogens (tertiary/aromatic N) is 1. The molecule has 0 saturated heterocycles. The van der Waals surface area contributed by atoms with Crippen LogP contribution in [0.3, 0.4) is 0 Å². The van der Waals surface area contributed by atoms with Gasteiger partial charge < -0.3 is 10.4 Å². The molecule has 1 amide bonds. The molecule has 1 atom stereocenters. The number of nitrogens with one attached hydrogen (secondary N) is 1. The average molecular weight is 248 g/mol. The molecule has 0 spiro atoms. The van der Waals surface area contributed by atoms with E-state index >= 15 is 0 Å². The van der Waals surface area contributed by atoms with Crippen molar-refractivity contribution in [2.24, 2.45) is 0 Å². The highest BCUT2D eigenvalue weighted by Gasteiger charge is 2.19. The second kappa shape index (κ2) is 7.21. The minimum Gasteiger partial charge on any atom is -0.480 e. The Morgan fingerprint density at radius 1 is 1.44 bits per heavy atom. The zero-order chi connectivity index (χ0) is 13.4. The SMILES string of the molecule is C=CCCC[C@@H](NC(=O)c1ccncc1)C(=O)O. The Balaban J connectivity index is 2.58. The van der Waals surface area contributed by atoms with Gasteiger partial charge in [-0.2, -0.15) is 0 Å². The number of allylic oxidation sites excluding steroid dienone is 1. The lowest BCUT2D eigenvalue weighted by Crippen LogP contribution is -2.40. The maximum absolute atomic E-state index is 11.8. The van der Waals surface area contributed by atoms with E-state index in [1.807, 2.05) is 0 Å². The van der Waals surface area contributed by atoms with Gasteiger partial charge in [-0.25, -0.2) is 4.79 Å². The molecule has 0 radical (unpaired) electrons. The number of pyridine rings is 1. The molecule has 0 fully saturated rings. The Kier molecular flexibility index (Phi) is 5.57. The van der Waals surface area contributed by atoms with Crippen molar-refractivity contribution in [1.29, 1.82) is 0 Å². The van der Waals surface area contributed by atoms with Crippen LogP contribution in [-0.2, 0) is 4.79 Å². The van der Waals surface area contributed by atoms with Crippen LogP contribution in [0.5, 0.6) is 0 Å². The molecular formula is C13H16N2O3. The number of hydrogen-bond donors (Lipinski definition) is 2. The summed E-state index contributed by atoms with van der Waals surface area (Å²) < 4.78 is 0. The summed E-state index contributed by atoms with van der Waals surface area (Å²) in [6, 6.07) is 2.21. The molecule has 0 aromatic carbocycles. The molecule has 96 valence electrons. The summed E-state index contributed by atoms with van der Waals surface area (Å²) in [5.74, 6) is -1.43. The van der Waals surface area contributed by atoms with Crippen molar-refractivity contribution in [3.63, 3.8) is 0 Å². The van der Waals surface area contributed by atoms with Crippen LogP contribution in [0, 0.1) is 0 Å². The third kappa shape index (κ3) is 4.37. The van der Waals surface area contributed by atoms with Crippen LogP contribution < -0.4 is 5.32 Å². The maximum Gasteiger partial charge on any atom is 0.326 e. The van der Waals surface area contributed by atoms with Crippen LogP contribution in [0.1, 0.15) is 29.6 Å². The lowest BCUT2D eigenvalue weighted by molar-refractivity contribution is -0.139. The van der Waals surface area contributed by atoms with Gasteiger partial charge in [0.1, 0.15) is 6.04 Å². The monoisotopic (exact) mass is 248 g/mol. The molecular weight excluding hydrogens is 232 g/mol. The molecule has 0 aliphatic rings. The fourth-order valence-corrected chi connectivity index (χ4v) is 1.47. The summed E-state index contributed by atoms with van der Waals surface area (Å²) in [5, 5.41) is 11.5. The first-order valence-electron chi connectivity index (χ1n) is 5.69. The maximum atomic E-state index is 11.8. The van der Waals surface area contributed by atoms with Crippen LogP contribution in [0.15, 0.2) is 37.2 Å². The van der Waals surface area contributed by atoms with E-state index in [-0.39, 0.29) is 0 Å². The summed E-state index contributed by atoms with van der Waals surface area (Å²) in [7, 11) is 0. The van der Waals surface area contributed by atoms with Gasteiger partial charge in [0.05, 0.1) is 0 Å². The van der Waals surface area contributed by atoms with Crippen LogP contribution in [0.4, 0.5) is 0 Å². The molecule has 0 aliphatic heterocycles. The highest BCUT2D eigenvalue weighted by Crippen LogP contribution is 2.04. The number of carboxylic acids is 1. The Morgan fingerprint density at radius 3 is 2.67 bits per heavy atom. The van der Waals surface area contributed by atoms with E-state index in [1.165, 1.54) is 24.5 Å². The van der Waals surface area contributed by atoms with E-state index < -0.39 is 17.9 Å². The average Bonchev–Trinajstić information content (AvgIpc) is 2.38. The summed E-state index contributed by atoms with van der Waals surface area (Å²) in [4.78, 5) is 26.6. The van der Waals surface area contributed by atoms with E-state index in [4.69, 9.17) is 5.11 Å². The number of amides is 1. The first kappa shape index (κ1) is 13.9. The van der Waals surface area contributed by atoms with Gasteiger partial charge in [-0.15, -0.1) is 6.58 Å². The molecule has 1 aromatic heterocycles. The molecule has 0 bridgehead atoms. The van der Waals surface area contributed by atoms with E-state index in [0.29, 0.717) is 18.4 Å². The van der Waals surface area contributed by atoms with Crippen molar-refractivity contribution >= 4 is 11.9 Å². The Bertz CT molecular complexity index is 418.